The van der Waals surface area contributed by atoms with E-state index in [1.165, 1.54) is 12.1 Å². The second kappa shape index (κ2) is 5.71. The molecule has 4 heteroatoms. The maximum absolute atomic E-state index is 12.9. The van der Waals surface area contributed by atoms with Crippen LogP contribution in [0.1, 0.15) is 23.1 Å². The summed E-state index contributed by atoms with van der Waals surface area (Å²) in [5.41, 5.74) is 7.23. The topological polar surface area (TPSA) is 59.1 Å². The summed E-state index contributed by atoms with van der Waals surface area (Å²) in [7, 11) is 0. The average molecular weight is 246 g/mol. The van der Waals surface area contributed by atoms with Crippen molar-refractivity contribution in [3.63, 3.8) is 0 Å². The maximum Gasteiger partial charge on any atom is 0.123 e. The molecule has 1 aromatic carbocycles. The van der Waals surface area contributed by atoms with Gasteiger partial charge in [-0.25, -0.2) is 4.39 Å². The van der Waals surface area contributed by atoms with Crippen LogP contribution in [0.15, 0.2) is 48.8 Å². The van der Waals surface area contributed by atoms with Gasteiger partial charge in [0.1, 0.15) is 5.82 Å². The van der Waals surface area contributed by atoms with Crippen LogP contribution in [0, 0.1) is 5.82 Å². The fourth-order valence-corrected chi connectivity index (χ4v) is 1.94. The van der Waals surface area contributed by atoms with Gasteiger partial charge in [0.25, 0.3) is 0 Å². The van der Waals surface area contributed by atoms with Crippen LogP contribution in [0.5, 0.6) is 0 Å². The zero-order chi connectivity index (χ0) is 13.0. The Morgan fingerprint density at radius 1 is 1.17 bits per heavy atom. The van der Waals surface area contributed by atoms with E-state index < -0.39 is 6.10 Å². The molecule has 0 saturated heterocycles. The van der Waals surface area contributed by atoms with Gasteiger partial charge in [-0.15, -0.1) is 0 Å². The lowest BCUT2D eigenvalue weighted by Gasteiger charge is -2.22. The quantitative estimate of drug-likeness (QED) is 0.867. The van der Waals surface area contributed by atoms with Crippen LogP contribution in [-0.2, 0) is 0 Å². The molecule has 0 radical (unpaired) electrons. The molecule has 3 nitrogen and oxygen atoms in total. The van der Waals surface area contributed by atoms with Gasteiger partial charge in [-0.05, 0) is 29.3 Å². The molecule has 94 valence electrons. The van der Waals surface area contributed by atoms with E-state index >= 15 is 0 Å². The van der Waals surface area contributed by atoms with Gasteiger partial charge in [0.15, 0.2) is 0 Å². The fourth-order valence-electron chi connectivity index (χ4n) is 1.94. The molecule has 2 rings (SSSR count). The first-order chi connectivity index (χ1) is 8.72. The standard InChI is InChI=1S/C14H15FN2O/c15-12-5-3-10(4-6-12)13(8-16)14(18)11-2-1-7-17-9-11/h1-7,9,13-14,18H,8,16H2. The minimum absolute atomic E-state index is 0.269. The van der Waals surface area contributed by atoms with Gasteiger partial charge in [-0.1, -0.05) is 18.2 Å². The summed E-state index contributed by atoms with van der Waals surface area (Å²) < 4.78 is 12.9. The summed E-state index contributed by atoms with van der Waals surface area (Å²) in [6.45, 7) is 0.279. The summed E-state index contributed by atoms with van der Waals surface area (Å²) in [6.07, 6.45) is 2.51. The monoisotopic (exact) mass is 246 g/mol. The Morgan fingerprint density at radius 3 is 2.44 bits per heavy atom. The van der Waals surface area contributed by atoms with Crippen LogP contribution in [0.3, 0.4) is 0 Å². The number of aliphatic hydroxyl groups excluding tert-OH is 1. The molecule has 0 aliphatic rings. The van der Waals surface area contributed by atoms with Gasteiger partial charge in [-0.3, -0.25) is 4.98 Å². The highest BCUT2D eigenvalue weighted by atomic mass is 19.1. The van der Waals surface area contributed by atoms with Crippen molar-refractivity contribution >= 4 is 0 Å². The van der Waals surface area contributed by atoms with E-state index in [2.05, 4.69) is 4.98 Å². The Kier molecular flexibility index (Phi) is 4.02. The van der Waals surface area contributed by atoms with Crippen LogP contribution in [0.4, 0.5) is 4.39 Å². The molecule has 3 N–H and O–H groups in total. The number of halogens is 1. The lowest BCUT2D eigenvalue weighted by molar-refractivity contribution is 0.147. The largest absolute Gasteiger partial charge is 0.388 e. The maximum atomic E-state index is 12.9. The van der Waals surface area contributed by atoms with Crippen molar-refractivity contribution in [2.75, 3.05) is 6.54 Å². The number of benzene rings is 1. The number of hydrogen-bond donors (Lipinski definition) is 2. The van der Waals surface area contributed by atoms with Crippen molar-refractivity contribution in [2.45, 2.75) is 12.0 Å². The zero-order valence-electron chi connectivity index (χ0n) is 9.83. The highest BCUT2D eigenvalue weighted by Gasteiger charge is 2.21. The number of rotatable bonds is 4. The molecule has 0 aliphatic heterocycles. The summed E-state index contributed by atoms with van der Waals surface area (Å²) in [6, 6.07) is 9.58. The lowest BCUT2D eigenvalue weighted by Crippen LogP contribution is -2.20. The predicted octanol–water partition coefficient (Wildman–Crippen LogP) is 2.00. The fraction of sp³-hybridized carbons (Fsp3) is 0.214. The summed E-state index contributed by atoms with van der Waals surface area (Å²) in [4.78, 5) is 3.97. The van der Waals surface area contributed by atoms with Crippen molar-refractivity contribution in [1.82, 2.24) is 4.98 Å². The number of aliphatic hydroxyl groups is 1. The second-order valence-electron chi connectivity index (χ2n) is 4.12. The van der Waals surface area contributed by atoms with Crippen molar-refractivity contribution in [2.24, 2.45) is 5.73 Å². The number of pyridine rings is 1. The van der Waals surface area contributed by atoms with Crippen LogP contribution in [0.2, 0.25) is 0 Å². The minimum Gasteiger partial charge on any atom is -0.388 e. The van der Waals surface area contributed by atoms with E-state index in [0.717, 1.165) is 5.56 Å². The normalized spacial score (nSPS) is 14.2. The van der Waals surface area contributed by atoms with Crippen LogP contribution >= 0.6 is 0 Å². The molecule has 2 atom stereocenters. The van der Waals surface area contributed by atoms with Crippen molar-refractivity contribution in [3.8, 4) is 0 Å². The average Bonchev–Trinajstić information content (AvgIpc) is 2.42. The number of hydrogen-bond acceptors (Lipinski definition) is 3. The third kappa shape index (κ3) is 2.72. The molecular weight excluding hydrogens is 231 g/mol. The van der Waals surface area contributed by atoms with E-state index in [9.17, 15) is 9.50 Å². The van der Waals surface area contributed by atoms with Crippen LogP contribution < -0.4 is 5.73 Å². The van der Waals surface area contributed by atoms with Crippen molar-refractivity contribution in [1.29, 1.82) is 0 Å². The Bertz CT molecular complexity index is 487. The first-order valence-electron chi connectivity index (χ1n) is 5.76. The highest BCUT2D eigenvalue weighted by Crippen LogP contribution is 2.29. The smallest absolute Gasteiger partial charge is 0.123 e. The summed E-state index contributed by atoms with van der Waals surface area (Å²) in [5.74, 6) is -0.569. The van der Waals surface area contributed by atoms with E-state index in [0.29, 0.717) is 5.56 Å². The third-order valence-corrected chi connectivity index (χ3v) is 2.96. The molecule has 0 fully saturated rings. The van der Waals surface area contributed by atoms with Gasteiger partial charge < -0.3 is 10.8 Å². The Hall–Kier alpha value is -1.78. The Labute approximate surface area is 105 Å². The predicted molar refractivity (Wildman–Crippen MR) is 67.4 cm³/mol. The van der Waals surface area contributed by atoms with Gasteiger partial charge in [0, 0.05) is 24.9 Å². The first kappa shape index (κ1) is 12.7. The molecule has 2 unspecified atom stereocenters. The van der Waals surface area contributed by atoms with E-state index in [4.69, 9.17) is 5.73 Å². The molecule has 0 amide bonds. The molecule has 0 aliphatic carbocycles. The molecular formula is C14H15FN2O. The molecule has 0 spiro atoms. The molecule has 1 heterocycles. The van der Waals surface area contributed by atoms with Gasteiger partial charge in [0.2, 0.25) is 0 Å². The van der Waals surface area contributed by atoms with Crippen molar-refractivity contribution in [3.05, 3.63) is 65.7 Å². The molecule has 18 heavy (non-hydrogen) atoms. The van der Waals surface area contributed by atoms with Crippen molar-refractivity contribution < 1.29 is 9.50 Å². The number of aromatic nitrogens is 1. The van der Waals surface area contributed by atoms with E-state index in [1.54, 1.807) is 36.7 Å². The number of nitrogens with zero attached hydrogens (tertiary/aromatic N) is 1. The first-order valence-corrected chi connectivity index (χ1v) is 5.76. The summed E-state index contributed by atoms with van der Waals surface area (Å²) >= 11 is 0. The van der Waals surface area contributed by atoms with E-state index in [1.807, 2.05) is 0 Å². The van der Waals surface area contributed by atoms with Crippen LogP contribution in [-0.4, -0.2) is 16.6 Å². The zero-order valence-corrected chi connectivity index (χ0v) is 9.83. The van der Waals surface area contributed by atoms with Gasteiger partial charge in [-0.2, -0.15) is 0 Å². The number of nitrogens with two attached hydrogens (primary N) is 1. The summed E-state index contributed by atoms with van der Waals surface area (Å²) in [5, 5.41) is 10.3. The SMILES string of the molecule is NCC(c1ccc(F)cc1)C(O)c1cccnc1. The molecule has 1 aromatic heterocycles. The Morgan fingerprint density at radius 2 is 1.89 bits per heavy atom. The Balaban J connectivity index is 2.26. The van der Waals surface area contributed by atoms with Crippen LogP contribution in [0.25, 0.3) is 0 Å². The third-order valence-electron chi connectivity index (χ3n) is 2.96. The molecule has 2 aromatic rings. The van der Waals surface area contributed by atoms with E-state index in [-0.39, 0.29) is 18.3 Å². The second-order valence-corrected chi connectivity index (χ2v) is 4.12. The minimum atomic E-state index is -0.742. The molecule has 0 bridgehead atoms. The molecule has 0 saturated carbocycles. The lowest BCUT2D eigenvalue weighted by atomic mass is 9.90. The highest BCUT2D eigenvalue weighted by molar-refractivity contribution is 5.26. The van der Waals surface area contributed by atoms with Gasteiger partial charge in [0.05, 0.1) is 6.10 Å². The van der Waals surface area contributed by atoms with Gasteiger partial charge >= 0.3 is 0 Å².